The van der Waals surface area contributed by atoms with Gasteiger partial charge in [0.25, 0.3) is 0 Å². The van der Waals surface area contributed by atoms with Crippen LogP contribution >= 0.6 is 0 Å². The lowest BCUT2D eigenvalue weighted by molar-refractivity contribution is 0.224. The third-order valence-electron chi connectivity index (χ3n) is 3.31. The Morgan fingerprint density at radius 3 is 2.44 bits per heavy atom. The largest absolute Gasteiger partial charge is 0.492 e. The van der Waals surface area contributed by atoms with Gasteiger partial charge in [0.1, 0.15) is 12.4 Å². The minimum atomic E-state index is 0.746. The molecule has 0 aromatic heterocycles. The van der Waals surface area contributed by atoms with E-state index in [0.717, 1.165) is 32.0 Å². The third-order valence-corrected chi connectivity index (χ3v) is 3.31. The molecule has 0 bridgehead atoms. The van der Waals surface area contributed by atoms with Crippen molar-refractivity contribution in [2.75, 3.05) is 26.2 Å². The molecule has 0 spiro atoms. The van der Waals surface area contributed by atoms with Gasteiger partial charge < -0.3 is 9.64 Å². The van der Waals surface area contributed by atoms with Crippen LogP contribution in [0.25, 0.3) is 10.8 Å². The highest BCUT2D eigenvalue weighted by atomic mass is 16.5. The molecule has 0 heterocycles. The molecule has 0 N–H and O–H groups in total. The molecule has 0 saturated heterocycles. The summed E-state index contributed by atoms with van der Waals surface area (Å²) >= 11 is 0. The molecule has 2 heteroatoms. The first-order valence-corrected chi connectivity index (χ1v) is 6.68. The molecular formula is C16H21NO. The molecular weight excluding hydrogens is 222 g/mol. The molecule has 0 saturated carbocycles. The fourth-order valence-corrected chi connectivity index (χ4v) is 2.15. The lowest BCUT2D eigenvalue weighted by Crippen LogP contribution is -2.27. The van der Waals surface area contributed by atoms with E-state index in [1.807, 2.05) is 6.07 Å². The normalized spacial score (nSPS) is 11.1. The van der Waals surface area contributed by atoms with Crippen LogP contribution in [0.2, 0.25) is 0 Å². The van der Waals surface area contributed by atoms with Gasteiger partial charge in [-0.1, -0.05) is 50.2 Å². The number of benzene rings is 2. The maximum atomic E-state index is 5.91. The van der Waals surface area contributed by atoms with Crippen LogP contribution in [-0.2, 0) is 0 Å². The summed E-state index contributed by atoms with van der Waals surface area (Å²) in [6.45, 7) is 8.25. The molecule has 2 aromatic rings. The van der Waals surface area contributed by atoms with Crippen LogP contribution < -0.4 is 4.74 Å². The maximum absolute atomic E-state index is 5.91. The Balaban J connectivity index is 2.03. The molecule has 0 aliphatic heterocycles. The van der Waals surface area contributed by atoms with Crippen LogP contribution in [-0.4, -0.2) is 31.1 Å². The van der Waals surface area contributed by atoms with E-state index in [4.69, 9.17) is 4.74 Å². The molecule has 0 unspecified atom stereocenters. The Bertz CT molecular complexity index is 486. The number of nitrogens with zero attached hydrogens (tertiary/aromatic N) is 1. The molecule has 0 aliphatic carbocycles. The van der Waals surface area contributed by atoms with Crippen molar-refractivity contribution in [1.29, 1.82) is 0 Å². The van der Waals surface area contributed by atoms with Crippen LogP contribution in [0.4, 0.5) is 0 Å². The van der Waals surface area contributed by atoms with Crippen molar-refractivity contribution in [2.45, 2.75) is 13.8 Å². The molecule has 0 fully saturated rings. The van der Waals surface area contributed by atoms with Crippen LogP contribution in [0, 0.1) is 0 Å². The van der Waals surface area contributed by atoms with Crippen molar-refractivity contribution in [3.8, 4) is 5.75 Å². The quantitative estimate of drug-likeness (QED) is 0.769. The van der Waals surface area contributed by atoms with Crippen molar-refractivity contribution >= 4 is 10.8 Å². The summed E-state index contributed by atoms with van der Waals surface area (Å²) in [7, 11) is 0. The van der Waals surface area contributed by atoms with Crippen LogP contribution in [0.15, 0.2) is 42.5 Å². The Morgan fingerprint density at radius 2 is 1.67 bits per heavy atom. The second kappa shape index (κ2) is 6.41. The molecule has 96 valence electrons. The van der Waals surface area contributed by atoms with Crippen molar-refractivity contribution in [3.05, 3.63) is 42.5 Å². The Hall–Kier alpha value is -1.54. The Labute approximate surface area is 109 Å². The summed E-state index contributed by atoms with van der Waals surface area (Å²) in [4.78, 5) is 2.37. The highest BCUT2D eigenvalue weighted by molar-refractivity contribution is 5.88. The lowest BCUT2D eigenvalue weighted by atomic mass is 10.1. The van der Waals surface area contributed by atoms with Crippen molar-refractivity contribution in [3.63, 3.8) is 0 Å². The van der Waals surface area contributed by atoms with E-state index in [1.165, 1.54) is 10.8 Å². The maximum Gasteiger partial charge on any atom is 0.127 e. The molecule has 2 nitrogen and oxygen atoms in total. The summed E-state index contributed by atoms with van der Waals surface area (Å²) in [5.41, 5.74) is 0. The average Bonchev–Trinajstić information content (AvgIpc) is 2.44. The minimum Gasteiger partial charge on any atom is -0.492 e. The lowest BCUT2D eigenvalue weighted by Gasteiger charge is -2.18. The van der Waals surface area contributed by atoms with E-state index in [2.05, 4.69) is 55.1 Å². The topological polar surface area (TPSA) is 12.5 Å². The van der Waals surface area contributed by atoms with E-state index in [9.17, 15) is 0 Å². The monoisotopic (exact) mass is 243 g/mol. The second-order valence-electron chi connectivity index (χ2n) is 4.35. The molecule has 2 aromatic carbocycles. The van der Waals surface area contributed by atoms with Crippen molar-refractivity contribution < 1.29 is 4.74 Å². The van der Waals surface area contributed by atoms with E-state index in [1.54, 1.807) is 0 Å². The third kappa shape index (κ3) is 3.02. The van der Waals surface area contributed by atoms with Gasteiger partial charge >= 0.3 is 0 Å². The van der Waals surface area contributed by atoms with Crippen molar-refractivity contribution in [2.24, 2.45) is 0 Å². The van der Waals surface area contributed by atoms with Gasteiger partial charge in [-0.2, -0.15) is 0 Å². The number of likely N-dealkylation sites (N-methyl/N-ethyl adjacent to an activating group) is 1. The smallest absolute Gasteiger partial charge is 0.127 e. The summed E-state index contributed by atoms with van der Waals surface area (Å²) in [5.74, 6) is 0.986. The molecule has 0 amide bonds. The molecule has 0 aliphatic rings. The van der Waals surface area contributed by atoms with E-state index < -0.39 is 0 Å². The highest BCUT2D eigenvalue weighted by Crippen LogP contribution is 2.24. The highest BCUT2D eigenvalue weighted by Gasteiger charge is 2.02. The molecule has 0 atom stereocenters. The first kappa shape index (κ1) is 12.9. The van der Waals surface area contributed by atoms with Gasteiger partial charge in [0.2, 0.25) is 0 Å². The van der Waals surface area contributed by atoms with Gasteiger partial charge in [0.15, 0.2) is 0 Å². The van der Waals surface area contributed by atoms with Gasteiger partial charge in [-0.3, -0.25) is 0 Å². The van der Waals surface area contributed by atoms with Crippen LogP contribution in [0.1, 0.15) is 13.8 Å². The van der Waals surface area contributed by atoms with Gasteiger partial charge in [-0.05, 0) is 24.5 Å². The zero-order valence-electron chi connectivity index (χ0n) is 11.2. The SMILES string of the molecule is CCN(CC)CCOc1cccc2ccccc12. The predicted octanol–water partition coefficient (Wildman–Crippen LogP) is 3.56. The minimum absolute atomic E-state index is 0.746. The summed E-state index contributed by atoms with van der Waals surface area (Å²) < 4.78 is 5.91. The average molecular weight is 243 g/mol. The number of fused-ring (bicyclic) bond motifs is 1. The van der Waals surface area contributed by atoms with Crippen molar-refractivity contribution in [1.82, 2.24) is 4.90 Å². The standard InChI is InChI=1S/C16H21NO/c1-3-17(4-2)12-13-18-16-11-7-9-14-8-5-6-10-15(14)16/h5-11H,3-4,12-13H2,1-2H3. The van der Waals surface area contributed by atoms with E-state index in [0.29, 0.717) is 0 Å². The first-order chi connectivity index (χ1) is 8.85. The summed E-state index contributed by atoms with van der Waals surface area (Å²) in [6, 6.07) is 14.6. The predicted molar refractivity (Wildman–Crippen MR) is 77.2 cm³/mol. The molecule has 2 rings (SSSR count). The number of ether oxygens (including phenoxy) is 1. The fourth-order valence-electron chi connectivity index (χ4n) is 2.15. The fraction of sp³-hybridized carbons (Fsp3) is 0.375. The molecule has 18 heavy (non-hydrogen) atoms. The number of rotatable bonds is 6. The summed E-state index contributed by atoms with van der Waals surface area (Å²) in [6.07, 6.45) is 0. The zero-order valence-corrected chi connectivity index (χ0v) is 11.2. The van der Waals surface area contributed by atoms with Crippen LogP contribution in [0.5, 0.6) is 5.75 Å². The zero-order chi connectivity index (χ0) is 12.8. The van der Waals surface area contributed by atoms with Gasteiger partial charge in [0.05, 0.1) is 0 Å². The molecule has 0 radical (unpaired) electrons. The van der Waals surface area contributed by atoms with E-state index in [-0.39, 0.29) is 0 Å². The van der Waals surface area contributed by atoms with Gasteiger partial charge in [-0.25, -0.2) is 0 Å². The summed E-state index contributed by atoms with van der Waals surface area (Å²) in [5, 5.41) is 2.43. The van der Waals surface area contributed by atoms with Gasteiger partial charge in [-0.15, -0.1) is 0 Å². The van der Waals surface area contributed by atoms with Gasteiger partial charge in [0, 0.05) is 11.9 Å². The second-order valence-corrected chi connectivity index (χ2v) is 4.35. The Kier molecular flexibility index (Phi) is 4.59. The Morgan fingerprint density at radius 1 is 0.944 bits per heavy atom. The van der Waals surface area contributed by atoms with Crippen LogP contribution in [0.3, 0.4) is 0 Å². The number of hydrogen-bond donors (Lipinski definition) is 0. The first-order valence-electron chi connectivity index (χ1n) is 6.68. The number of hydrogen-bond acceptors (Lipinski definition) is 2. The van der Waals surface area contributed by atoms with E-state index >= 15 is 0 Å².